The minimum absolute atomic E-state index is 0.248. The number of nitrogens with zero attached hydrogens (tertiary/aromatic N) is 2. The Hall–Kier alpha value is -3.54. The van der Waals surface area contributed by atoms with Crippen LogP contribution in [-0.4, -0.2) is 22.1 Å². The van der Waals surface area contributed by atoms with E-state index in [0.717, 1.165) is 42.0 Å². The molecule has 4 aromatic rings. The van der Waals surface area contributed by atoms with Gasteiger partial charge in [-0.2, -0.15) is 0 Å². The van der Waals surface area contributed by atoms with Gasteiger partial charge in [-0.05, 0) is 63.1 Å². The number of hydrogen-bond donors (Lipinski definition) is 1. The monoisotopic (exact) mass is 417 g/mol. The van der Waals surface area contributed by atoms with Gasteiger partial charge in [-0.15, -0.1) is 0 Å². The summed E-state index contributed by atoms with van der Waals surface area (Å²) in [6.07, 6.45) is 3.36. The lowest BCUT2D eigenvalue weighted by molar-refractivity contribution is 0.0909. The van der Waals surface area contributed by atoms with Crippen molar-refractivity contribution in [1.82, 2.24) is 14.9 Å². The van der Waals surface area contributed by atoms with Crippen LogP contribution in [0.25, 0.3) is 11.0 Å². The highest BCUT2D eigenvalue weighted by Gasteiger charge is 2.19. The molecule has 2 heterocycles. The van der Waals surface area contributed by atoms with Crippen molar-refractivity contribution in [3.05, 3.63) is 84.1 Å². The average Bonchev–Trinajstić information content (AvgIpc) is 3.43. The molecule has 0 saturated carbocycles. The second-order valence-corrected chi connectivity index (χ2v) is 7.65. The molecule has 0 aliphatic carbocycles. The number of carbonyl (C=O) groups is 1. The Morgan fingerprint density at radius 3 is 2.68 bits per heavy atom. The number of furan rings is 1. The molecule has 1 amide bonds. The number of nitrogens with one attached hydrogen (secondary N) is 1. The number of aryl methyl sites for hydroxylation is 2. The highest BCUT2D eigenvalue weighted by molar-refractivity contribution is 5.91. The van der Waals surface area contributed by atoms with Gasteiger partial charge in [0.2, 0.25) is 0 Å². The summed E-state index contributed by atoms with van der Waals surface area (Å²) >= 11 is 0. The molecule has 1 N–H and O–H groups in total. The van der Waals surface area contributed by atoms with E-state index in [9.17, 15) is 4.79 Å². The second kappa shape index (κ2) is 9.51. The predicted molar refractivity (Wildman–Crippen MR) is 120 cm³/mol. The van der Waals surface area contributed by atoms with Gasteiger partial charge in [0, 0.05) is 6.54 Å². The summed E-state index contributed by atoms with van der Waals surface area (Å²) in [5, 5.41) is 2.99. The van der Waals surface area contributed by atoms with Crippen LogP contribution < -0.4 is 10.1 Å². The third kappa shape index (κ3) is 4.97. The van der Waals surface area contributed by atoms with Crippen LogP contribution in [-0.2, 0) is 6.54 Å². The molecule has 0 unspecified atom stereocenters. The zero-order valence-corrected chi connectivity index (χ0v) is 17.9. The standard InChI is InChI=1S/C25H27N3O3/c1-18-11-13-20(14-12-18)30-16-6-5-15-28-22-9-4-3-8-21(22)27-24(28)19(2)26-25(29)23-10-7-17-31-23/h3-4,7-14,17,19H,5-6,15-16H2,1-2H3,(H,26,29)/t19-/m0/s1. The van der Waals surface area contributed by atoms with E-state index in [1.165, 1.54) is 11.8 Å². The van der Waals surface area contributed by atoms with Crippen LogP contribution in [0, 0.1) is 6.92 Å². The fourth-order valence-electron chi connectivity index (χ4n) is 3.60. The number of amides is 1. The first-order valence-electron chi connectivity index (χ1n) is 10.6. The number of imidazole rings is 1. The van der Waals surface area contributed by atoms with Gasteiger partial charge in [0.25, 0.3) is 5.91 Å². The van der Waals surface area contributed by atoms with Gasteiger partial charge in [0.05, 0.1) is 29.9 Å². The topological polar surface area (TPSA) is 69.3 Å². The largest absolute Gasteiger partial charge is 0.494 e. The van der Waals surface area contributed by atoms with Crippen LogP contribution in [0.4, 0.5) is 0 Å². The number of fused-ring (bicyclic) bond motifs is 1. The average molecular weight is 418 g/mol. The Balaban J connectivity index is 1.41. The third-order valence-electron chi connectivity index (χ3n) is 5.23. The number of carbonyl (C=O) groups excluding carboxylic acids is 1. The molecule has 2 aromatic heterocycles. The van der Waals surface area contributed by atoms with Gasteiger partial charge in [-0.3, -0.25) is 4.79 Å². The van der Waals surface area contributed by atoms with Crippen molar-refractivity contribution in [2.75, 3.05) is 6.61 Å². The summed E-state index contributed by atoms with van der Waals surface area (Å²) < 4.78 is 13.2. The van der Waals surface area contributed by atoms with Crippen molar-refractivity contribution in [3.8, 4) is 5.75 Å². The van der Waals surface area contributed by atoms with Gasteiger partial charge in [0.1, 0.15) is 11.6 Å². The minimum Gasteiger partial charge on any atom is -0.494 e. The number of hydrogen-bond acceptors (Lipinski definition) is 4. The molecule has 6 nitrogen and oxygen atoms in total. The fourth-order valence-corrected chi connectivity index (χ4v) is 3.60. The highest BCUT2D eigenvalue weighted by Crippen LogP contribution is 2.22. The SMILES string of the molecule is Cc1ccc(OCCCCn2c([C@H](C)NC(=O)c3ccco3)nc3ccccc32)cc1. The summed E-state index contributed by atoms with van der Waals surface area (Å²) in [4.78, 5) is 17.2. The number of rotatable bonds is 9. The van der Waals surface area contributed by atoms with Crippen LogP contribution >= 0.6 is 0 Å². The van der Waals surface area contributed by atoms with Crippen molar-refractivity contribution in [1.29, 1.82) is 0 Å². The van der Waals surface area contributed by atoms with Gasteiger partial charge >= 0.3 is 0 Å². The lowest BCUT2D eigenvalue weighted by atomic mass is 10.2. The first-order chi connectivity index (χ1) is 15.1. The van der Waals surface area contributed by atoms with Gasteiger partial charge in [-0.25, -0.2) is 4.98 Å². The predicted octanol–water partition coefficient (Wildman–Crippen LogP) is 5.29. The van der Waals surface area contributed by atoms with Crippen molar-refractivity contribution in [2.45, 2.75) is 39.3 Å². The summed E-state index contributed by atoms with van der Waals surface area (Å²) in [5.41, 5.74) is 3.21. The second-order valence-electron chi connectivity index (χ2n) is 7.65. The Labute approximate surface area is 181 Å². The van der Waals surface area contributed by atoms with Gasteiger partial charge < -0.3 is 19.0 Å². The number of ether oxygens (including phenoxy) is 1. The maximum atomic E-state index is 12.4. The van der Waals surface area contributed by atoms with Crippen molar-refractivity contribution >= 4 is 16.9 Å². The molecule has 0 saturated heterocycles. The van der Waals surface area contributed by atoms with Crippen LogP contribution in [0.3, 0.4) is 0 Å². The molecule has 0 fully saturated rings. The Morgan fingerprint density at radius 1 is 1.10 bits per heavy atom. The summed E-state index contributed by atoms with van der Waals surface area (Å²) in [7, 11) is 0. The lowest BCUT2D eigenvalue weighted by Gasteiger charge is -2.16. The third-order valence-corrected chi connectivity index (χ3v) is 5.23. The van der Waals surface area contributed by atoms with Gasteiger partial charge in [-0.1, -0.05) is 29.8 Å². The van der Waals surface area contributed by atoms with E-state index in [2.05, 4.69) is 35.0 Å². The van der Waals surface area contributed by atoms with Gasteiger partial charge in [0.15, 0.2) is 5.76 Å². The molecule has 0 aliphatic heterocycles. The first kappa shape index (κ1) is 20.7. The maximum Gasteiger partial charge on any atom is 0.287 e. The number of para-hydroxylation sites is 2. The van der Waals surface area contributed by atoms with E-state index in [0.29, 0.717) is 12.4 Å². The number of unbranched alkanes of at least 4 members (excludes halogenated alkanes) is 1. The number of benzene rings is 2. The van der Waals surface area contributed by atoms with E-state index in [1.54, 1.807) is 12.1 Å². The Kier molecular flexibility index (Phi) is 6.36. The minimum atomic E-state index is -0.256. The normalized spacial score (nSPS) is 12.1. The van der Waals surface area contributed by atoms with Crippen LogP contribution in [0.1, 0.15) is 47.7 Å². The molecule has 0 aliphatic rings. The molecular weight excluding hydrogens is 390 g/mol. The fraction of sp³-hybridized carbons (Fsp3) is 0.280. The summed E-state index contributed by atoms with van der Waals surface area (Å²) in [5.74, 6) is 1.78. The summed E-state index contributed by atoms with van der Waals surface area (Å²) in [6, 6.07) is 19.3. The zero-order chi connectivity index (χ0) is 21.6. The van der Waals surface area contributed by atoms with E-state index >= 15 is 0 Å². The highest BCUT2D eigenvalue weighted by atomic mass is 16.5. The number of aromatic nitrogens is 2. The van der Waals surface area contributed by atoms with Crippen LogP contribution in [0.5, 0.6) is 5.75 Å². The van der Waals surface area contributed by atoms with Crippen LogP contribution in [0.2, 0.25) is 0 Å². The Morgan fingerprint density at radius 2 is 1.90 bits per heavy atom. The zero-order valence-electron chi connectivity index (χ0n) is 17.9. The molecule has 0 bridgehead atoms. The maximum absolute atomic E-state index is 12.4. The van der Waals surface area contributed by atoms with E-state index in [1.807, 2.05) is 37.3 Å². The quantitative estimate of drug-likeness (QED) is 0.376. The molecule has 160 valence electrons. The van der Waals surface area contributed by atoms with E-state index in [-0.39, 0.29) is 11.9 Å². The molecular formula is C25H27N3O3. The van der Waals surface area contributed by atoms with Crippen LogP contribution in [0.15, 0.2) is 71.3 Å². The summed E-state index contributed by atoms with van der Waals surface area (Å²) in [6.45, 7) is 5.47. The van der Waals surface area contributed by atoms with E-state index < -0.39 is 0 Å². The van der Waals surface area contributed by atoms with Crippen molar-refractivity contribution in [3.63, 3.8) is 0 Å². The molecule has 2 aromatic carbocycles. The molecule has 31 heavy (non-hydrogen) atoms. The lowest BCUT2D eigenvalue weighted by Crippen LogP contribution is -2.28. The molecule has 1 atom stereocenters. The first-order valence-corrected chi connectivity index (χ1v) is 10.6. The Bertz CT molecular complexity index is 1130. The molecule has 0 radical (unpaired) electrons. The van der Waals surface area contributed by atoms with E-state index in [4.69, 9.17) is 14.1 Å². The molecule has 6 heteroatoms. The van der Waals surface area contributed by atoms with Crippen molar-refractivity contribution < 1.29 is 13.9 Å². The van der Waals surface area contributed by atoms with Crippen molar-refractivity contribution in [2.24, 2.45) is 0 Å². The molecule has 4 rings (SSSR count). The smallest absolute Gasteiger partial charge is 0.287 e. The molecule has 0 spiro atoms.